The monoisotopic (exact) mass is 218 g/mol. The van der Waals surface area contributed by atoms with Gasteiger partial charge in [0.2, 0.25) is 0 Å². The van der Waals surface area contributed by atoms with Gasteiger partial charge in [-0.2, -0.15) is 0 Å². The summed E-state index contributed by atoms with van der Waals surface area (Å²) in [5.74, 6) is 0.150. The fraction of sp³-hybridized carbons (Fsp3) is 0.462. The van der Waals surface area contributed by atoms with Gasteiger partial charge in [-0.1, -0.05) is 18.2 Å². The minimum Gasteiger partial charge on any atom is -0.336 e. The molecule has 2 N–H and O–H groups in total. The van der Waals surface area contributed by atoms with Crippen molar-refractivity contribution in [3.05, 3.63) is 35.9 Å². The van der Waals surface area contributed by atoms with Gasteiger partial charge in [-0.15, -0.1) is 0 Å². The van der Waals surface area contributed by atoms with Crippen molar-refractivity contribution >= 4 is 5.91 Å². The number of amides is 1. The third kappa shape index (κ3) is 2.61. The van der Waals surface area contributed by atoms with Crippen molar-refractivity contribution in [2.45, 2.75) is 25.3 Å². The average molecular weight is 218 g/mol. The van der Waals surface area contributed by atoms with Gasteiger partial charge in [0.05, 0.1) is 0 Å². The molecule has 1 fully saturated rings. The molecule has 3 heteroatoms. The second-order valence-electron chi connectivity index (χ2n) is 4.24. The van der Waals surface area contributed by atoms with Crippen LogP contribution >= 0.6 is 0 Å². The van der Waals surface area contributed by atoms with Crippen LogP contribution in [0.1, 0.15) is 29.6 Å². The van der Waals surface area contributed by atoms with E-state index in [2.05, 4.69) is 0 Å². The molecule has 1 amide bonds. The van der Waals surface area contributed by atoms with Crippen LogP contribution in [0.3, 0.4) is 0 Å². The molecule has 1 aliphatic rings. The Balaban J connectivity index is 2.05. The number of nitrogens with two attached hydrogens (primary N) is 1. The van der Waals surface area contributed by atoms with Gasteiger partial charge in [-0.05, 0) is 37.9 Å². The van der Waals surface area contributed by atoms with Gasteiger partial charge in [0, 0.05) is 18.2 Å². The lowest BCUT2D eigenvalue weighted by molar-refractivity contribution is 0.0742. The van der Waals surface area contributed by atoms with Crippen molar-refractivity contribution in [2.75, 3.05) is 13.1 Å². The van der Waals surface area contributed by atoms with E-state index in [1.165, 1.54) is 0 Å². The summed E-state index contributed by atoms with van der Waals surface area (Å²) >= 11 is 0. The second kappa shape index (κ2) is 5.12. The number of rotatable bonds is 5. The van der Waals surface area contributed by atoms with E-state index in [4.69, 9.17) is 5.73 Å². The fourth-order valence-electron chi connectivity index (χ4n) is 1.84. The largest absolute Gasteiger partial charge is 0.336 e. The Kier molecular flexibility index (Phi) is 3.57. The van der Waals surface area contributed by atoms with E-state index in [0.717, 1.165) is 31.4 Å². The van der Waals surface area contributed by atoms with Crippen molar-refractivity contribution in [1.29, 1.82) is 0 Å². The van der Waals surface area contributed by atoms with Gasteiger partial charge >= 0.3 is 0 Å². The maximum atomic E-state index is 12.2. The SMILES string of the molecule is NCCCN(C(=O)c1ccccc1)C1CC1. The number of benzene rings is 1. The lowest BCUT2D eigenvalue weighted by Crippen LogP contribution is -2.34. The van der Waals surface area contributed by atoms with E-state index in [9.17, 15) is 4.79 Å². The molecular formula is C13H18N2O. The molecule has 0 unspecified atom stereocenters. The van der Waals surface area contributed by atoms with Crippen LogP contribution < -0.4 is 5.73 Å². The second-order valence-corrected chi connectivity index (χ2v) is 4.24. The first-order valence-electron chi connectivity index (χ1n) is 5.89. The number of carbonyl (C=O) groups excluding carboxylic acids is 1. The Labute approximate surface area is 96.2 Å². The van der Waals surface area contributed by atoms with Gasteiger partial charge < -0.3 is 10.6 Å². The van der Waals surface area contributed by atoms with E-state index in [1.54, 1.807) is 0 Å². The van der Waals surface area contributed by atoms with Gasteiger partial charge in [-0.3, -0.25) is 4.79 Å². The molecule has 1 aliphatic carbocycles. The standard InChI is InChI=1S/C13H18N2O/c14-9-4-10-15(12-7-8-12)13(16)11-5-2-1-3-6-11/h1-3,5-6,12H,4,7-10,14H2. The molecule has 0 spiro atoms. The Morgan fingerprint density at radius 2 is 2.00 bits per heavy atom. The first-order valence-corrected chi connectivity index (χ1v) is 5.89. The van der Waals surface area contributed by atoms with Crippen molar-refractivity contribution < 1.29 is 4.79 Å². The Morgan fingerprint density at radius 3 is 2.56 bits per heavy atom. The summed E-state index contributed by atoms with van der Waals surface area (Å²) in [5, 5.41) is 0. The highest BCUT2D eigenvalue weighted by atomic mass is 16.2. The summed E-state index contributed by atoms with van der Waals surface area (Å²) in [4.78, 5) is 14.2. The zero-order valence-electron chi connectivity index (χ0n) is 9.43. The van der Waals surface area contributed by atoms with Gasteiger partial charge in [-0.25, -0.2) is 0 Å². The zero-order valence-corrected chi connectivity index (χ0v) is 9.43. The molecule has 0 saturated heterocycles. The molecule has 2 rings (SSSR count). The molecule has 1 aromatic rings. The molecule has 0 atom stereocenters. The Hall–Kier alpha value is -1.35. The smallest absolute Gasteiger partial charge is 0.254 e. The van der Waals surface area contributed by atoms with E-state index < -0.39 is 0 Å². The first-order chi connectivity index (χ1) is 7.83. The molecular weight excluding hydrogens is 200 g/mol. The summed E-state index contributed by atoms with van der Waals surface area (Å²) in [6.07, 6.45) is 3.17. The number of nitrogens with zero attached hydrogens (tertiary/aromatic N) is 1. The summed E-state index contributed by atoms with van der Waals surface area (Å²) in [5.41, 5.74) is 6.28. The highest BCUT2D eigenvalue weighted by molar-refractivity contribution is 5.94. The van der Waals surface area contributed by atoms with E-state index in [-0.39, 0.29) is 5.91 Å². The van der Waals surface area contributed by atoms with Crippen molar-refractivity contribution in [3.63, 3.8) is 0 Å². The Morgan fingerprint density at radius 1 is 1.31 bits per heavy atom. The zero-order chi connectivity index (χ0) is 11.4. The predicted octanol–water partition coefficient (Wildman–Crippen LogP) is 1.64. The molecule has 1 saturated carbocycles. The molecule has 86 valence electrons. The van der Waals surface area contributed by atoms with Crippen LogP contribution in [0.25, 0.3) is 0 Å². The quantitative estimate of drug-likeness (QED) is 0.816. The lowest BCUT2D eigenvalue weighted by atomic mass is 10.2. The van der Waals surface area contributed by atoms with Crippen LogP contribution in [0, 0.1) is 0 Å². The van der Waals surface area contributed by atoms with Crippen LogP contribution in [-0.2, 0) is 0 Å². The molecule has 0 aromatic heterocycles. The maximum absolute atomic E-state index is 12.2. The molecule has 3 nitrogen and oxygen atoms in total. The molecule has 0 aliphatic heterocycles. The summed E-state index contributed by atoms with van der Waals surface area (Å²) in [6, 6.07) is 9.94. The first kappa shape index (κ1) is 11.1. The molecule has 0 radical (unpaired) electrons. The predicted molar refractivity (Wildman–Crippen MR) is 64.2 cm³/mol. The van der Waals surface area contributed by atoms with Crippen molar-refractivity contribution in [3.8, 4) is 0 Å². The lowest BCUT2D eigenvalue weighted by Gasteiger charge is -2.22. The molecule has 0 heterocycles. The summed E-state index contributed by atoms with van der Waals surface area (Å²) in [7, 11) is 0. The van der Waals surface area contributed by atoms with Crippen molar-refractivity contribution in [1.82, 2.24) is 4.90 Å². The highest BCUT2D eigenvalue weighted by Gasteiger charge is 2.32. The van der Waals surface area contributed by atoms with Crippen LogP contribution in [0.15, 0.2) is 30.3 Å². The minimum absolute atomic E-state index is 0.150. The number of hydrogen-bond donors (Lipinski definition) is 1. The minimum atomic E-state index is 0.150. The topological polar surface area (TPSA) is 46.3 Å². The van der Waals surface area contributed by atoms with Crippen LogP contribution in [0.4, 0.5) is 0 Å². The third-order valence-corrected chi connectivity index (χ3v) is 2.87. The highest BCUT2D eigenvalue weighted by Crippen LogP contribution is 2.28. The van der Waals surface area contributed by atoms with Gasteiger partial charge in [0.1, 0.15) is 0 Å². The summed E-state index contributed by atoms with van der Waals surface area (Å²) in [6.45, 7) is 1.43. The Bertz CT molecular complexity index is 346. The maximum Gasteiger partial charge on any atom is 0.254 e. The molecule has 16 heavy (non-hydrogen) atoms. The third-order valence-electron chi connectivity index (χ3n) is 2.87. The van der Waals surface area contributed by atoms with Crippen LogP contribution in [-0.4, -0.2) is 29.9 Å². The molecule has 1 aromatic carbocycles. The van der Waals surface area contributed by atoms with Crippen LogP contribution in [0.2, 0.25) is 0 Å². The van der Waals surface area contributed by atoms with Gasteiger partial charge in [0.25, 0.3) is 5.91 Å². The van der Waals surface area contributed by atoms with Gasteiger partial charge in [0.15, 0.2) is 0 Å². The van der Waals surface area contributed by atoms with E-state index >= 15 is 0 Å². The summed E-state index contributed by atoms with van der Waals surface area (Å²) < 4.78 is 0. The van der Waals surface area contributed by atoms with Crippen molar-refractivity contribution in [2.24, 2.45) is 5.73 Å². The molecule has 0 bridgehead atoms. The average Bonchev–Trinajstić information content (AvgIpc) is 3.15. The number of hydrogen-bond acceptors (Lipinski definition) is 2. The van der Waals surface area contributed by atoms with E-state index in [0.29, 0.717) is 12.6 Å². The van der Waals surface area contributed by atoms with E-state index in [1.807, 2.05) is 35.2 Å². The number of carbonyl (C=O) groups is 1. The fourth-order valence-corrected chi connectivity index (χ4v) is 1.84. The van der Waals surface area contributed by atoms with Crippen LogP contribution in [0.5, 0.6) is 0 Å². The normalized spacial score (nSPS) is 14.8.